The van der Waals surface area contributed by atoms with Crippen molar-refractivity contribution in [2.45, 2.75) is 73.6 Å². The van der Waals surface area contributed by atoms with Crippen molar-refractivity contribution in [3.05, 3.63) is 0 Å². The number of rotatable bonds is 7. The van der Waals surface area contributed by atoms with Gasteiger partial charge in [0.25, 0.3) is 0 Å². The maximum absolute atomic E-state index is 12.8. The summed E-state index contributed by atoms with van der Waals surface area (Å²) in [5.74, 6) is -5.13. The van der Waals surface area contributed by atoms with Crippen LogP contribution in [0.2, 0.25) is 0 Å². The molecule has 0 unspecified atom stereocenters. The van der Waals surface area contributed by atoms with E-state index in [9.17, 15) is 61.5 Å². The Balaban J connectivity index is 2.36. The number of aliphatic hydroxyl groups excluding tert-OH is 5. The van der Waals surface area contributed by atoms with E-state index in [0.29, 0.717) is 0 Å². The van der Waals surface area contributed by atoms with Crippen molar-refractivity contribution < 1.29 is 80.4 Å². The van der Waals surface area contributed by atoms with Crippen LogP contribution in [0.25, 0.3) is 0 Å². The zero-order valence-corrected chi connectivity index (χ0v) is 18.1. The van der Waals surface area contributed by atoms with Crippen molar-refractivity contribution >= 4 is 11.8 Å². The second-order valence-electron chi connectivity index (χ2n) is 7.75. The number of amides is 2. The van der Waals surface area contributed by atoms with Crippen molar-refractivity contribution in [2.75, 3.05) is 20.3 Å². The summed E-state index contributed by atoms with van der Waals surface area (Å²) in [7, 11) is 0.927. The minimum Gasteiger partial charge on any atom is -0.394 e. The van der Waals surface area contributed by atoms with Gasteiger partial charge in [0.05, 0.1) is 13.2 Å². The topological polar surface area (TPSA) is 196 Å². The van der Waals surface area contributed by atoms with Gasteiger partial charge in [0, 0.05) is 7.11 Å². The second kappa shape index (κ2) is 11.7. The Kier molecular flexibility index (Phi) is 9.87. The molecule has 2 fully saturated rings. The Bertz CT molecular complexity index is 772. The van der Waals surface area contributed by atoms with Gasteiger partial charge in [-0.3, -0.25) is 9.59 Å². The van der Waals surface area contributed by atoms with Gasteiger partial charge in [0.15, 0.2) is 12.6 Å². The molecule has 7 N–H and O–H groups in total. The number of aliphatic hydroxyl groups is 5. The van der Waals surface area contributed by atoms with Crippen molar-refractivity contribution in [3.8, 4) is 0 Å². The van der Waals surface area contributed by atoms with Crippen LogP contribution in [0.4, 0.5) is 26.3 Å². The second-order valence-corrected chi connectivity index (χ2v) is 7.75. The molecule has 2 amide bonds. The summed E-state index contributed by atoms with van der Waals surface area (Å²) in [6.45, 7) is -2.02. The molecule has 10 atom stereocenters. The number of carbonyl (C=O) groups excluding carboxylic acids is 2. The molecular formula is C17H24F6N2O11. The predicted octanol–water partition coefficient (Wildman–Crippen LogP) is -3.37. The molecule has 0 aromatic heterocycles. The van der Waals surface area contributed by atoms with E-state index in [1.54, 1.807) is 0 Å². The molecule has 0 saturated carbocycles. The predicted molar refractivity (Wildman–Crippen MR) is 97.4 cm³/mol. The van der Waals surface area contributed by atoms with E-state index in [4.69, 9.17) is 18.9 Å². The summed E-state index contributed by atoms with van der Waals surface area (Å²) in [4.78, 5) is 22.8. The Morgan fingerprint density at radius 2 is 1.22 bits per heavy atom. The first kappa shape index (κ1) is 30.4. The van der Waals surface area contributed by atoms with E-state index in [0.717, 1.165) is 7.11 Å². The van der Waals surface area contributed by atoms with Crippen molar-refractivity contribution in [3.63, 3.8) is 0 Å². The van der Waals surface area contributed by atoms with Gasteiger partial charge in [0.1, 0.15) is 48.7 Å². The van der Waals surface area contributed by atoms with Crippen LogP contribution in [0.3, 0.4) is 0 Å². The van der Waals surface area contributed by atoms with Crippen molar-refractivity contribution in [1.82, 2.24) is 10.6 Å². The molecule has 0 aromatic rings. The number of hydrogen-bond donors (Lipinski definition) is 7. The SMILES string of the molecule is CO[C@@H]1O[C@H](CO)[C@@H](O[C@@H]2O[C@H](CO)[C@@H](O)[C@H](O)[C@H]2NC(=O)C(F)(F)F)[C@H](O)[C@H]1NC(=O)C(F)(F)F. The molecule has 210 valence electrons. The first-order valence-corrected chi connectivity index (χ1v) is 10.1. The number of nitrogens with one attached hydrogen (secondary N) is 2. The summed E-state index contributed by atoms with van der Waals surface area (Å²) >= 11 is 0. The molecule has 0 aliphatic carbocycles. The van der Waals surface area contributed by atoms with Gasteiger partial charge < -0.3 is 55.1 Å². The monoisotopic (exact) mass is 546 g/mol. The first-order valence-electron chi connectivity index (χ1n) is 10.1. The summed E-state index contributed by atoms with van der Waals surface area (Å²) in [5.41, 5.74) is 0. The lowest BCUT2D eigenvalue weighted by atomic mass is 9.94. The standard InChI is InChI=1S/C17H24F6N2O11/c1-33-12-7(25-15(32)17(21,22)23)10(30)11(5(3-27)35-12)36-13-6(24-14(31)16(18,19)20)9(29)8(28)4(2-26)34-13/h4-13,26-30H,2-3H2,1H3,(H,24,31)(H,25,32)/t4-,5-,6-,7-,8-,9-,10-,11-,12-,13+/m1/s1. The van der Waals surface area contributed by atoms with Crippen molar-refractivity contribution in [2.24, 2.45) is 0 Å². The fourth-order valence-corrected chi connectivity index (χ4v) is 3.56. The number of halogens is 6. The van der Waals surface area contributed by atoms with E-state index < -0.39 is 98.7 Å². The fourth-order valence-electron chi connectivity index (χ4n) is 3.56. The van der Waals surface area contributed by atoms with Gasteiger partial charge in [-0.15, -0.1) is 0 Å². The highest BCUT2D eigenvalue weighted by atomic mass is 19.4. The lowest BCUT2D eigenvalue weighted by Crippen LogP contribution is -2.70. The Hall–Kier alpha value is -1.84. The number of carbonyl (C=O) groups is 2. The highest BCUT2D eigenvalue weighted by Gasteiger charge is 2.54. The third-order valence-corrected chi connectivity index (χ3v) is 5.37. The van der Waals surface area contributed by atoms with Crippen LogP contribution >= 0.6 is 0 Å². The Morgan fingerprint density at radius 1 is 0.778 bits per heavy atom. The number of hydrogen-bond acceptors (Lipinski definition) is 11. The molecule has 2 heterocycles. The third-order valence-electron chi connectivity index (χ3n) is 5.37. The van der Waals surface area contributed by atoms with E-state index in [1.807, 2.05) is 0 Å². The number of methoxy groups -OCH3 is 1. The molecular weight excluding hydrogens is 522 g/mol. The summed E-state index contributed by atoms with van der Waals surface area (Å²) < 4.78 is 96.9. The van der Waals surface area contributed by atoms with Crippen LogP contribution in [0, 0.1) is 0 Å². The van der Waals surface area contributed by atoms with Crippen LogP contribution in [-0.2, 0) is 28.5 Å². The zero-order valence-electron chi connectivity index (χ0n) is 18.1. The summed E-state index contributed by atoms with van der Waals surface area (Å²) in [5, 5.41) is 52.5. The maximum atomic E-state index is 12.8. The molecule has 0 spiro atoms. The van der Waals surface area contributed by atoms with E-state index >= 15 is 0 Å². The molecule has 19 heteroatoms. The van der Waals surface area contributed by atoms with Crippen LogP contribution in [0.15, 0.2) is 0 Å². The van der Waals surface area contributed by atoms with E-state index in [2.05, 4.69) is 0 Å². The average Bonchev–Trinajstić information content (AvgIpc) is 2.79. The molecule has 2 aliphatic heterocycles. The maximum Gasteiger partial charge on any atom is 0.471 e. The third kappa shape index (κ3) is 6.72. The lowest BCUT2D eigenvalue weighted by molar-refractivity contribution is -0.330. The Morgan fingerprint density at radius 3 is 1.64 bits per heavy atom. The summed E-state index contributed by atoms with van der Waals surface area (Å²) in [6, 6.07) is -4.21. The van der Waals surface area contributed by atoms with Crippen LogP contribution in [0.5, 0.6) is 0 Å². The quantitative estimate of drug-likeness (QED) is 0.158. The first-order chi connectivity index (χ1) is 16.6. The highest BCUT2D eigenvalue weighted by molar-refractivity contribution is 5.82. The molecule has 0 radical (unpaired) electrons. The smallest absolute Gasteiger partial charge is 0.394 e. The molecule has 0 bridgehead atoms. The van der Waals surface area contributed by atoms with Gasteiger partial charge in [-0.2, -0.15) is 26.3 Å². The number of alkyl halides is 6. The molecule has 2 rings (SSSR count). The highest BCUT2D eigenvalue weighted by Crippen LogP contribution is 2.30. The van der Waals surface area contributed by atoms with Gasteiger partial charge in [-0.05, 0) is 0 Å². The fraction of sp³-hybridized carbons (Fsp3) is 0.882. The average molecular weight is 546 g/mol. The van der Waals surface area contributed by atoms with E-state index in [-0.39, 0.29) is 0 Å². The minimum absolute atomic E-state index is 0.927. The summed E-state index contributed by atoms with van der Waals surface area (Å²) in [6.07, 6.45) is -26.6. The molecule has 2 saturated heterocycles. The van der Waals surface area contributed by atoms with Crippen LogP contribution in [0.1, 0.15) is 0 Å². The largest absolute Gasteiger partial charge is 0.471 e. The molecule has 0 aromatic carbocycles. The van der Waals surface area contributed by atoms with Crippen LogP contribution < -0.4 is 10.6 Å². The van der Waals surface area contributed by atoms with Crippen molar-refractivity contribution in [1.29, 1.82) is 0 Å². The molecule has 2 aliphatic rings. The minimum atomic E-state index is -5.47. The normalized spacial score (nSPS) is 37.9. The van der Waals surface area contributed by atoms with Gasteiger partial charge >= 0.3 is 24.2 Å². The Labute approximate surface area is 197 Å². The molecule has 13 nitrogen and oxygen atoms in total. The van der Waals surface area contributed by atoms with E-state index in [1.165, 1.54) is 10.6 Å². The zero-order chi connectivity index (χ0) is 27.6. The van der Waals surface area contributed by atoms with Gasteiger partial charge in [-0.1, -0.05) is 0 Å². The number of ether oxygens (including phenoxy) is 4. The van der Waals surface area contributed by atoms with Gasteiger partial charge in [-0.25, -0.2) is 0 Å². The van der Waals surface area contributed by atoms with Crippen LogP contribution in [-0.4, -0.2) is 131 Å². The molecule has 36 heavy (non-hydrogen) atoms. The van der Waals surface area contributed by atoms with Gasteiger partial charge in [0.2, 0.25) is 0 Å². The lowest BCUT2D eigenvalue weighted by Gasteiger charge is -2.48.